The third-order valence-electron chi connectivity index (χ3n) is 2.94. The van der Waals surface area contributed by atoms with Crippen molar-refractivity contribution in [1.29, 1.82) is 0 Å². The number of ether oxygens (including phenoxy) is 1. The molecule has 0 aromatic heterocycles. The third-order valence-corrected chi connectivity index (χ3v) is 2.94. The van der Waals surface area contributed by atoms with E-state index in [1.165, 1.54) is 12.1 Å². The SMILES string of the molecule is NC(=O)c1ccc(N2CCOCC2)c(C(F)(F)F)c1. The molecular formula is C12H13F3N2O2. The smallest absolute Gasteiger partial charge is 0.378 e. The summed E-state index contributed by atoms with van der Waals surface area (Å²) in [5.74, 6) is -0.876. The summed E-state index contributed by atoms with van der Waals surface area (Å²) < 4.78 is 44.2. The van der Waals surface area contributed by atoms with Crippen LogP contribution in [0.15, 0.2) is 18.2 Å². The van der Waals surface area contributed by atoms with Crippen LogP contribution in [0.3, 0.4) is 0 Å². The van der Waals surface area contributed by atoms with Gasteiger partial charge in [-0.2, -0.15) is 13.2 Å². The second-order valence-corrected chi connectivity index (χ2v) is 4.19. The summed E-state index contributed by atoms with van der Waals surface area (Å²) in [5, 5.41) is 0. The van der Waals surface area contributed by atoms with Gasteiger partial charge >= 0.3 is 6.18 Å². The molecule has 0 atom stereocenters. The van der Waals surface area contributed by atoms with Gasteiger partial charge in [-0.1, -0.05) is 0 Å². The average Bonchev–Trinajstić information content (AvgIpc) is 2.38. The van der Waals surface area contributed by atoms with Crippen molar-refractivity contribution in [3.63, 3.8) is 0 Å². The van der Waals surface area contributed by atoms with Crippen molar-refractivity contribution in [3.8, 4) is 0 Å². The number of hydrogen-bond acceptors (Lipinski definition) is 3. The Labute approximate surface area is 107 Å². The van der Waals surface area contributed by atoms with Gasteiger partial charge in [-0.3, -0.25) is 4.79 Å². The molecule has 104 valence electrons. The summed E-state index contributed by atoms with van der Waals surface area (Å²) in [6, 6.07) is 3.39. The van der Waals surface area contributed by atoms with Gasteiger partial charge in [0.2, 0.25) is 5.91 Å². The molecule has 0 unspecified atom stereocenters. The molecule has 1 fully saturated rings. The molecular weight excluding hydrogens is 261 g/mol. The fourth-order valence-corrected chi connectivity index (χ4v) is 2.00. The molecule has 0 aliphatic carbocycles. The number of halogens is 3. The molecule has 2 rings (SSSR count). The highest BCUT2D eigenvalue weighted by molar-refractivity contribution is 5.93. The van der Waals surface area contributed by atoms with Crippen LogP contribution in [0.2, 0.25) is 0 Å². The monoisotopic (exact) mass is 274 g/mol. The summed E-state index contributed by atoms with van der Waals surface area (Å²) in [5.41, 5.74) is 4.08. The Morgan fingerprint density at radius 3 is 2.42 bits per heavy atom. The first-order chi connectivity index (χ1) is 8.89. The van der Waals surface area contributed by atoms with Crippen LogP contribution in [-0.2, 0) is 10.9 Å². The van der Waals surface area contributed by atoms with Crippen molar-refractivity contribution in [2.45, 2.75) is 6.18 Å². The second kappa shape index (κ2) is 5.08. The Bertz CT molecular complexity index is 482. The molecule has 1 aliphatic heterocycles. The number of alkyl halides is 3. The number of amides is 1. The van der Waals surface area contributed by atoms with E-state index >= 15 is 0 Å². The Morgan fingerprint density at radius 1 is 1.26 bits per heavy atom. The molecule has 0 bridgehead atoms. The maximum Gasteiger partial charge on any atom is 0.418 e. The topological polar surface area (TPSA) is 55.6 Å². The molecule has 0 saturated carbocycles. The summed E-state index contributed by atoms with van der Waals surface area (Å²) in [4.78, 5) is 12.6. The van der Waals surface area contributed by atoms with Crippen molar-refractivity contribution in [2.24, 2.45) is 5.73 Å². The lowest BCUT2D eigenvalue weighted by Gasteiger charge is -2.31. The van der Waals surface area contributed by atoms with Gasteiger partial charge in [-0.15, -0.1) is 0 Å². The number of morpholine rings is 1. The molecule has 1 heterocycles. The summed E-state index contributed by atoms with van der Waals surface area (Å²) >= 11 is 0. The van der Waals surface area contributed by atoms with E-state index in [1.54, 1.807) is 4.90 Å². The van der Waals surface area contributed by atoms with E-state index in [-0.39, 0.29) is 11.3 Å². The number of benzene rings is 1. The van der Waals surface area contributed by atoms with Crippen molar-refractivity contribution in [2.75, 3.05) is 31.2 Å². The van der Waals surface area contributed by atoms with Gasteiger partial charge in [-0.05, 0) is 18.2 Å². The quantitative estimate of drug-likeness (QED) is 0.892. The van der Waals surface area contributed by atoms with Crippen LogP contribution in [0.25, 0.3) is 0 Å². The van der Waals surface area contributed by atoms with E-state index in [1.807, 2.05) is 0 Å². The molecule has 2 N–H and O–H groups in total. The molecule has 4 nitrogen and oxygen atoms in total. The number of hydrogen-bond donors (Lipinski definition) is 1. The van der Waals surface area contributed by atoms with Crippen LogP contribution in [0.5, 0.6) is 0 Å². The minimum absolute atomic E-state index is 0.0563. The van der Waals surface area contributed by atoms with Gasteiger partial charge in [0.15, 0.2) is 0 Å². The fraction of sp³-hybridized carbons (Fsp3) is 0.417. The van der Waals surface area contributed by atoms with Crippen LogP contribution in [0, 0.1) is 0 Å². The first kappa shape index (κ1) is 13.7. The van der Waals surface area contributed by atoms with Gasteiger partial charge in [0.25, 0.3) is 0 Å². The number of carbonyl (C=O) groups excluding carboxylic acids is 1. The maximum atomic E-state index is 13.0. The molecule has 7 heteroatoms. The number of rotatable bonds is 2. The zero-order chi connectivity index (χ0) is 14.0. The Morgan fingerprint density at radius 2 is 1.89 bits per heavy atom. The first-order valence-electron chi connectivity index (χ1n) is 5.73. The van der Waals surface area contributed by atoms with Crippen molar-refractivity contribution in [3.05, 3.63) is 29.3 Å². The zero-order valence-corrected chi connectivity index (χ0v) is 10.0. The van der Waals surface area contributed by atoms with E-state index in [0.717, 1.165) is 6.07 Å². The first-order valence-corrected chi connectivity index (χ1v) is 5.73. The minimum Gasteiger partial charge on any atom is -0.378 e. The van der Waals surface area contributed by atoms with Gasteiger partial charge in [0.1, 0.15) is 0 Å². The van der Waals surface area contributed by atoms with Crippen LogP contribution >= 0.6 is 0 Å². The number of nitrogens with two attached hydrogens (primary N) is 1. The van der Waals surface area contributed by atoms with Crippen LogP contribution in [0.4, 0.5) is 18.9 Å². The lowest BCUT2D eigenvalue weighted by molar-refractivity contribution is -0.137. The Hall–Kier alpha value is -1.76. The summed E-state index contributed by atoms with van der Waals surface area (Å²) in [7, 11) is 0. The van der Waals surface area contributed by atoms with Crippen LogP contribution < -0.4 is 10.6 Å². The summed E-state index contributed by atoms with van der Waals surface area (Å²) in [6.07, 6.45) is -4.53. The number of primary amides is 1. The van der Waals surface area contributed by atoms with E-state index in [9.17, 15) is 18.0 Å². The molecule has 1 aromatic carbocycles. The largest absolute Gasteiger partial charge is 0.418 e. The van der Waals surface area contributed by atoms with E-state index in [2.05, 4.69) is 0 Å². The fourth-order valence-electron chi connectivity index (χ4n) is 2.00. The Kier molecular flexibility index (Phi) is 3.66. The minimum atomic E-state index is -4.53. The van der Waals surface area contributed by atoms with E-state index in [0.29, 0.717) is 26.3 Å². The normalized spacial score (nSPS) is 16.5. The zero-order valence-electron chi connectivity index (χ0n) is 10.0. The highest BCUT2D eigenvalue weighted by Gasteiger charge is 2.35. The molecule has 19 heavy (non-hydrogen) atoms. The average molecular weight is 274 g/mol. The molecule has 1 aliphatic rings. The molecule has 0 spiro atoms. The maximum absolute atomic E-state index is 13.0. The van der Waals surface area contributed by atoms with Gasteiger partial charge < -0.3 is 15.4 Å². The van der Waals surface area contributed by atoms with Crippen LogP contribution in [-0.4, -0.2) is 32.2 Å². The molecule has 1 aromatic rings. The van der Waals surface area contributed by atoms with E-state index < -0.39 is 17.6 Å². The predicted molar refractivity (Wildman–Crippen MR) is 63.0 cm³/mol. The predicted octanol–water partition coefficient (Wildman–Crippen LogP) is 1.64. The lowest BCUT2D eigenvalue weighted by Crippen LogP contribution is -2.37. The molecule has 1 amide bonds. The number of nitrogens with zero attached hydrogens (tertiary/aromatic N) is 1. The lowest BCUT2D eigenvalue weighted by atomic mass is 10.1. The van der Waals surface area contributed by atoms with Gasteiger partial charge in [0.05, 0.1) is 18.8 Å². The molecule has 0 radical (unpaired) electrons. The highest BCUT2D eigenvalue weighted by Crippen LogP contribution is 2.37. The van der Waals surface area contributed by atoms with Gasteiger partial charge in [0, 0.05) is 24.3 Å². The number of anilines is 1. The second-order valence-electron chi connectivity index (χ2n) is 4.19. The van der Waals surface area contributed by atoms with Gasteiger partial charge in [-0.25, -0.2) is 0 Å². The van der Waals surface area contributed by atoms with Crippen molar-refractivity contribution >= 4 is 11.6 Å². The number of carbonyl (C=O) groups is 1. The van der Waals surface area contributed by atoms with Crippen LogP contribution in [0.1, 0.15) is 15.9 Å². The van der Waals surface area contributed by atoms with Crippen molar-refractivity contribution in [1.82, 2.24) is 0 Å². The highest BCUT2D eigenvalue weighted by atomic mass is 19.4. The standard InChI is InChI=1S/C12H13F3N2O2/c13-12(14,15)9-7-8(11(16)18)1-2-10(9)17-3-5-19-6-4-17/h1-2,7H,3-6H2,(H2,16,18). The van der Waals surface area contributed by atoms with E-state index in [4.69, 9.17) is 10.5 Å². The van der Waals surface area contributed by atoms with Crippen molar-refractivity contribution < 1.29 is 22.7 Å². The summed E-state index contributed by atoms with van der Waals surface area (Å²) in [6.45, 7) is 1.54. The Balaban J connectivity index is 2.44. The molecule has 1 saturated heterocycles. The third kappa shape index (κ3) is 2.98.